The molecule has 1 saturated heterocycles. The number of hydrogen-bond acceptors (Lipinski definition) is 3. The number of carboxylic acid groups (broad SMARTS) is 1. The van der Waals surface area contributed by atoms with Crippen LogP contribution in [0.4, 0.5) is 5.69 Å². The molecule has 1 aliphatic rings. The molecule has 98 valence electrons. The van der Waals surface area contributed by atoms with E-state index >= 15 is 0 Å². The molecule has 1 aromatic rings. The first-order valence-electron chi connectivity index (χ1n) is 5.05. The Labute approximate surface area is 114 Å². The molecule has 0 unspecified atom stereocenters. The van der Waals surface area contributed by atoms with Crippen molar-refractivity contribution in [3.8, 4) is 0 Å². The summed E-state index contributed by atoms with van der Waals surface area (Å²) in [5.41, 5.74) is 0.0283. The SMILES string of the molecule is O=C(O)c1cc(Cl)c(Cl)c(N2CCCS2(=O)=O)c1. The minimum atomic E-state index is -3.42. The fourth-order valence-corrected chi connectivity index (χ4v) is 3.83. The van der Waals surface area contributed by atoms with Gasteiger partial charge in [0.15, 0.2) is 0 Å². The second-order valence-corrected chi connectivity index (χ2v) is 6.64. The van der Waals surface area contributed by atoms with Gasteiger partial charge < -0.3 is 5.11 Å². The largest absolute Gasteiger partial charge is 0.478 e. The molecule has 0 amide bonds. The molecule has 8 heteroatoms. The van der Waals surface area contributed by atoms with E-state index in [4.69, 9.17) is 28.3 Å². The van der Waals surface area contributed by atoms with Gasteiger partial charge in [-0.1, -0.05) is 23.2 Å². The molecule has 0 bridgehead atoms. The normalized spacial score (nSPS) is 18.0. The van der Waals surface area contributed by atoms with E-state index in [0.717, 1.165) is 4.31 Å². The van der Waals surface area contributed by atoms with E-state index in [9.17, 15) is 13.2 Å². The van der Waals surface area contributed by atoms with Crippen LogP contribution in [-0.4, -0.2) is 31.8 Å². The third kappa shape index (κ3) is 2.28. The van der Waals surface area contributed by atoms with Crippen LogP contribution in [0.15, 0.2) is 12.1 Å². The third-order valence-corrected chi connectivity index (χ3v) is 5.27. The van der Waals surface area contributed by atoms with E-state index in [-0.39, 0.29) is 33.6 Å². The lowest BCUT2D eigenvalue weighted by Gasteiger charge is -2.19. The quantitative estimate of drug-likeness (QED) is 0.909. The van der Waals surface area contributed by atoms with Gasteiger partial charge in [0.25, 0.3) is 0 Å². The number of rotatable bonds is 2. The van der Waals surface area contributed by atoms with Gasteiger partial charge in [-0.05, 0) is 18.6 Å². The molecule has 0 spiro atoms. The molecule has 18 heavy (non-hydrogen) atoms. The van der Waals surface area contributed by atoms with Crippen LogP contribution in [0, 0.1) is 0 Å². The first-order valence-corrected chi connectivity index (χ1v) is 7.42. The topological polar surface area (TPSA) is 74.7 Å². The standard InChI is InChI=1S/C10H9Cl2NO4S/c11-7-4-6(10(14)15)5-8(9(7)12)13-2-1-3-18(13,16)17/h4-5H,1-3H2,(H,14,15). The number of sulfonamides is 1. The van der Waals surface area contributed by atoms with Crippen LogP contribution in [0.2, 0.25) is 10.0 Å². The molecule has 1 heterocycles. The van der Waals surface area contributed by atoms with Crippen LogP contribution >= 0.6 is 23.2 Å². The van der Waals surface area contributed by atoms with Gasteiger partial charge in [0.2, 0.25) is 10.0 Å². The smallest absolute Gasteiger partial charge is 0.335 e. The molecule has 0 atom stereocenters. The number of aromatic carboxylic acids is 1. The molecule has 1 aliphatic heterocycles. The predicted molar refractivity (Wildman–Crippen MR) is 69.2 cm³/mol. The summed E-state index contributed by atoms with van der Waals surface area (Å²) in [6.45, 7) is 0.279. The summed E-state index contributed by atoms with van der Waals surface area (Å²) in [5, 5.41) is 9.00. The van der Waals surface area contributed by atoms with Gasteiger partial charge in [-0.3, -0.25) is 4.31 Å². The third-order valence-electron chi connectivity index (χ3n) is 2.62. The zero-order chi connectivity index (χ0) is 13.5. The van der Waals surface area contributed by atoms with Crippen molar-refractivity contribution >= 4 is 44.9 Å². The molecule has 2 rings (SSSR count). The lowest BCUT2D eigenvalue weighted by Crippen LogP contribution is -2.25. The molecule has 5 nitrogen and oxygen atoms in total. The Morgan fingerprint density at radius 1 is 1.33 bits per heavy atom. The second-order valence-electron chi connectivity index (χ2n) is 3.84. The first-order chi connectivity index (χ1) is 8.33. The lowest BCUT2D eigenvalue weighted by molar-refractivity contribution is 0.0697. The summed E-state index contributed by atoms with van der Waals surface area (Å²) >= 11 is 11.8. The Kier molecular flexibility index (Phi) is 3.44. The molecule has 0 radical (unpaired) electrons. The molecule has 1 aromatic carbocycles. The van der Waals surface area contributed by atoms with Crippen molar-refractivity contribution in [2.45, 2.75) is 6.42 Å². The van der Waals surface area contributed by atoms with Gasteiger partial charge >= 0.3 is 5.97 Å². The number of benzene rings is 1. The Hall–Kier alpha value is -0.980. The predicted octanol–water partition coefficient (Wildman–Crippen LogP) is 2.23. The molecular formula is C10H9Cl2NO4S. The Morgan fingerprint density at radius 3 is 2.50 bits per heavy atom. The monoisotopic (exact) mass is 309 g/mol. The van der Waals surface area contributed by atoms with E-state index in [1.54, 1.807) is 0 Å². The average molecular weight is 310 g/mol. The maximum absolute atomic E-state index is 11.8. The lowest BCUT2D eigenvalue weighted by atomic mass is 10.2. The Balaban J connectivity index is 2.60. The van der Waals surface area contributed by atoms with E-state index in [1.807, 2.05) is 0 Å². The minimum Gasteiger partial charge on any atom is -0.478 e. The summed E-state index contributed by atoms with van der Waals surface area (Å²) in [6.07, 6.45) is 0.480. The molecule has 1 N–H and O–H groups in total. The highest BCUT2D eigenvalue weighted by atomic mass is 35.5. The summed E-state index contributed by atoms with van der Waals surface area (Å²) in [6, 6.07) is 2.41. The number of nitrogens with zero attached hydrogens (tertiary/aromatic N) is 1. The van der Waals surface area contributed by atoms with Crippen molar-refractivity contribution in [1.29, 1.82) is 0 Å². The summed E-state index contributed by atoms with van der Waals surface area (Å²) in [4.78, 5) is 10.9. The summed E-state index contributed by atoms with van der Waals surface area (Å²) < 4.78 is 24.7. The zero-order valence-electron chi connectivity index (χ0n) is 9.06. The molecule has 0 aliphatic carbocycles. The van der Waals surface area contributed by atoms with Gasteiger partial charge in [0.1, 0.15) is 0 Å². The molecule has 0 saturated carbocycles. The Bertz CT molecular complexity index is 615. The number of carboxylic acids is 1. The average Bonchev–Trinajstić information content (AvgIpc) is 2.61. The number of hydrogen-bond donors (Lipinski definition) is 1. The summed E-state index contributed by atoms with van der Waals surface area (Å²) in [5.74, 6) is -1.16. The zero-order valence-corrected chi connectivity index (χ0v) is 11.4. The van der Waals surface area contributed by atoms with Crippen LogP contribution < -0.4 is 4.31 Å². The van der Waals surface area contributed by atoms with Crippen LogP contribution in [0.3, 0.4) is 0 Å². The van der Waals surface area contributed by atoms with E-state index < -0.39 is 16.0 Å². The highest BCUT2D eigenvalue weighted by molar-refractivity contribution is 7.93. The number of anilines is 1. The van der Waals surface area contributed by atoms with Gasteiger partial charge in [-0.2, -0.15) is 0 Å². The van der Waals surface area contributed by atoms with Crippen LogP contribution in [0.1, 0.15) is 16.8 Å². The van der Waals surface area contributed by atoms with Crippen LogP contribution in [0.25, 0.3) is 0 Å². The summed E-state index contributed by atoms with van der Waals surface area (Å²) in [7, 11) is -3.42. The van der Waals surface area contributed by atoms with Crippen molar-refractivity contribution in [2.75, 3.05) is 16.6 Å². The van der Waals surface area contributed by atoms with Gasteiger partial charge in [0.05, 0.1) is 27.0 Å². The highest BCUT2D eigenvalue weighted by Crippen LogP contribution is 2.37. The van der Waals surface area contributed by atoms with Crippen molar-refractivity contribution in [2.24, 2.45) is 0 Å². The van der Waals surface area contributed by atoms with Crippen LogP contribution in [-0.2, 0) is 10.0 Å². The molecular weight excluding hydrogens is 301 g/mol. The van der Waals surface area contributed by atoms with Crippen molar-refractivity contribution in [3.63, 3.8) is 0 Å². The van der Waals surface area contributed by atoms with E-state index in [0.29, 0.717) is 6.42 Å². The Morgan fingerprint density at radius 2 is 2.00 bits per heavy atom. The fraction of sp³-hybridized carbons (Fsp3) is 0.300. The van der Waals surface area contributed by atoms with E-state index in [2.05, 4.69) is 0 Å². The van der Waals surface area contributed by atoms with Crippen molar-refractivity contribution in [1.82, 2.24) is 0 Å². The maximum Gasteiger partial charge on any atom is 0.335 e. The van der Waals surface area contributed by atoms with Gasteiger partial charge in [-0.15, -0.1) is 0 Å². The molecule has 1 fully saturated rings. The first kappa shape index (κ1) is 13.5. The second kappa shape index (κ2) is 4.60. The molecule has 0 aromatic heterocycles. The highest BCUT2D eigenvalue weighted by Gasteiger charge is 2.31. The van der Waals surface area contributed by atoms with E-state index in [1.165, 1.54) is 12.1 Å². The maximum atomic E-state index is 11.8. The van der Waals surface area contributed by atoms with Crippen molar-refractivity contribution < 1.29 is 18.3 Å². The minimum absolute atomic E-state index is 0.0219. The van der Waals surface area contributed by atoms with Crippen LogP contribution in [0.5, 0.6) is 0 Å². The fourth-order valence-electron chi connectivity index (χ4n) is 1.79. The van der Waals surface area contributed by atoms with Gasteiger partial charge in [0, 0.05) is 6.54 Å². The number of carbonyl (C=O) groups is 1. The van der Waals surface area contributed by atoms with Gasteiger partial charge in [-0.25, -0.2) is 13.2 Å². The number of halogens is 2. The van der Waals surface area contributed by atoms with Crippen molar-refractivity contribution in [3.05, 3.63) is 27.7 Å².